The molecule has 0 aliphatic carbocycles. The lowest BCUT2D eigenvalue weighted by atomic mass is 10.0. The van der Waals surface area contributed by atoms with E-state index in [0.29, 0.717) is 11.3 Å². The summed E-state index contributed by atoms with van der Waals surface area (Å²) in [5.74, 6) is 0. The van der Waals surface area contributed by atoms with E-state index in [9.17, 15) is 4.79 Å². The van der Waals surface area contributed by atoms with Crippen molar-refractivity contribution in [1.29, 1.82) is 0 Å². The monoisotopic (exact) mass is 223 g/mol. The van der Waals surface area contributed by atoms with Crippen molar-refractivity contribution in [3.05, 3.63) is 64.5 Å². The van der Waals surface area contributed by atoms with Crippen LogP contribution in [0.4, 0.5) is 5.69 Å². The fourth-order valence-corrected chi connectivity index (χ4v) is 1.53. The van der Waals surface area contributed by atoms with Gasteiger partial charge in [-0.15, -0.1) is 0 Å². The van der Waals surface area contributed by atoms with E-state index in [1.807, 2.05) is 24.3 Å². The Morgan fingerprint density at radius 2 is 1.47 bits per heavy atom. The maximum absolute atomic E-state index is 10.5. The summed E-state index contributed by atoms with van der Waals surface area (Å²) >= 11 is 0. The topological polar surface area (TPSA) is 65.8 Å². The minimum absolute atomic E-state index is 0.584. The van der Waals surface area contributed by atoms with E-state index < -0.39 is 0 Å². The number of rotatable bonds is 3. The number of nitrogens with zero attached hydrogens (tertiary/aromatic N) is 3. The van der Waals surface area contributed by atoms with Crippen LogP contribution in [-0.2, 0) is 0 Å². The number of carbonyl (C=O) groups excluding carboxylic acids is 1. The van der Waals surface area contributed by atoms with Crippen LogP contribution in [0.1, 0.15) is 10.4 Å². The molecular weight excluding hydrogens is 214 g/mol. The van der Waals surface area contributed by atoms with Gasteiger partial charge in [0, 0.05) is 16.2 Å². The first-order chi connectivity index (χ1) is 8.33. The van der Waals surface area contributed by atoms with Gasteiger partial charge in [-0.1, -0.05) is 53.6 Å². The fourth-order valence-electron chi connectivity index (χ4n) is 1.53. The Morgan fingerprint density at radius 1 is 0.941 bits per heavy atom. The summed E-state index contributed by atoms with van der Waals surface area (Å²) in [5, 5.41) is 3.50. The zero-order valence-corrected chi connectivity index (χ0v) is 8.95. The van der Waals surface area contributed by atoms with Gasteiger partial charge in [0.1, 0.15) is 6.29 Å². The molecule has 0 atom stereocenters. The molecule has 0 saturated heterocycles. The highest BCUT2D eigenvalue weighted by Gasteiger charge is 1.97. The average Bonchev–Trinajstić information content (AvgIpc) is 2.40. The molecule has 0 aromatic heterocycles. The van der Waals surface area contributed by atoms with Crippen molar-refractivity contribution in [2.45, 2.75) is 0 Å². The van der Waals surface area contributed by atoms with Gasteiger partial charge in [-0.05, 0) is 16.7 Å². The van der Waals surface area contributed by atoms with Crippen LogP contribution in [0.2, 0.25) is 0 Å². The van der Waals surface area contributed by atoms with E-state index in [1.54, 1.807) is 24.3 Å². The number of aldehydes is 1. The molecular formula is C13H9N3O. The molecule has 0 aliphatic heterocycles. The van der Waals surface area contributed by atoms with E-state index >= 15 is 0 Å². The number of azide groups is 1. The quantitative estimate of drug-likeness (QED) is 0.334. The van der Waals surface area contributed by atoms with Crippen molar-refractivity contribution in [1.82, 2.24) is 0 Å². The maximum Gasteiger partial charge on any atom is 0.150 e. The molecule has 0 amide bonds. The molecule has 0 heterocycles. The molecule has 17 heavy (non-hydrogen) atoms. The first kappa shape index (κ1) is 10.9. The van der Waals surface area contributed by atoms with Crippen LogP contribution in [-0.4, -0.2) is 6.29 Å². The average molecular weight is 223 g/mol. The Kier molecular flexibility index (Phi) is 3.19. The summed E-state index contributed by atoms with van der Waals surface area (Å²) in [7, 11) is 0. The van der Waals surface area contributed by atoms with Crippen molar-refractivity contribution >= 4 is 12.0 Å². The summed E-state index contributed by atoms with van der Waals surface area (Å²) in [4.78, 5) is 13.2. The molecule has 0 spiro atoms. The molecule has 0 radical (unpaired) electrons. The van der Waals surface area contributed by atoms with E-state index in [1.165, 1.54) is 0 Å². The molecule has 0 saturated carbocycles. The van der Waals surface area contributed by atoms with Gasteiger partial charge in [0.05, 0.1) is 0 Å². The van der Waals surface area contributed by atoms with E-state index in [2.05, 4.69) is 10.0 Å². The minimum atomic E-state index is 0.584. The molecule has 2 aromatic rings. The first-order valence-corrected chi connectivity index (χ1v) is 5.04. The third-order valence-corrected chi connectivity index (χ3v) is 2.41. The van der Waals surface area contributed by atoms with Gasteiger partial charge in [-0.2, -0.15) is 0 Å². The normalized spacial score (nSPS) is 9.41. The van der Waals surface area contributed by atoms with Crippen molar-refractivity contribution in [2.75, 3.05) is 0 Å². The van der Waals surface area contributed by atoms with Crippen LogP contribution >= 0.6 is 0 Å². The van der Waals surface area contributed by atoms with Crippen LogP contribution in [0.15, 0.2) is 53.6 Å². The molecule has 0 unspecified atom stereocenters. The predicted molar refractivity (Wildman–Crippen MR) is 66.1 cm³/mol. The number of carbonyl (C=O) groups is 1. The molecule has 0 fully saturated rings. The Hall–Kier alpha value is -2.58. The highest BCUT2D eigenvalue weighted by atomic mass is 16.1. The summed E-state index contributed by atoms with van der Waals surface area (Å²) in [6.45, 7) is 0. The summed E-state index contributed by atoms with van der Waals surface area (Å²) < 4.78 is 0. The molecule has 82 valence electrons. The highest BCUT2D eigenvalue weighted by molar-refractivity contribution is 5.77. The van der Waals surface area contributed by atoms with Gasteiger partial charge >= 0.3 is 0 Å². The van der Waals surface area contributed by atoms with Crippen molar-refractivity contribution in [3.63, 3.8) is 0 Å². The van der Waals surface area contributed by atoms with Gasteiger partial charge in [0.2, 0.25) is 0 Å². The zero-order valence-electron chi connectivity index (χ0n) is 8.95. The van der Waals surface area contributed by atoms with Gasteiger partial charge in [-0.3, -0.25) is 4.79 Å². The SMILES string of the molecule is [N-]=[N+]=Nc1ccc(-c2ccc(C=O)cc2)cc1. The van der Waals surface area contributed by atoms with Crippen LogP contribution in [0.5, 0.6) is 0 Å². The van der Waals surface area contributed by atoms with Gasteiger partial charge in [0.25, 0.3) is 0 Å². The van der Waals surface area contributed by atoms with Crippen molar-refractivity contribution in [2.24, 2.45) is 5.11 Å². The minimum Gasteiger partial charge on any atom is -0.298 e. The maximum atomic E-state index is 10.5. The molecule has 4 nitrogen and oxygen atoms in total. The lowest BCUT2D eigenvalue weighted by Gasteiger charge is -2.02. The number of hydrogen-bond acceptors (Lipinski definition) is 2. The first-order valence-electron chi connectivity index (χ1n) is 5.04. The van der Waals surface area contributed by atoms with Gasteiger partial charge in [-0.25, -0.2) is 0 Å². The van der Waals surface area contributed by atoms with Crippen LogP contribution in [0.25, 0.3) is 21.6 Å². The van der Waals surface area contributed by atoms with E-state index in [-0.39, 0.29) is 0 Å². The van der Waals surface area contributed by atoms with Gasteiger partial charge < -0.3 is 0 Å². The molecule has 0 bridgehead atoms. The van der Waals surface area contributed by atoms with E-state index in [4.69, 9.17) is 5.53 Å². The van der Waals surface area contributed by atoms with Crippen LogP contribution < -0.4 is 0 Å². The fraction of sp³-hybridized carbons (Fsp3) is 0. The van der Waals surface area contributed by atoms with Crippen LogP contribution in [0.3, 0.4) is 0 Å². The molecule has 0 aliphatic rings. The smallest absolute Gasteiger partial charge is 0.150 e. The lowest BCUT2D eigenvalue weighted by Crippen LogP contribution is -1.80. The second-order valence-corrected chi connectivity index (χ2v) is 3.48. The Bertz CT molecular complexity index is 567. The summed E-state index contributed by atoms with van der Waals surface area (Å²) in [6.07, 6.45) is 0.814. The largest absolute Gasteiger partial charge is 0.298 e. The number of benzene rings is 2. The Morgan fingerprint density at radius 3 is 1.94 bits per heavy atom. The Labute approximate surface area is 98.1 Å². The zero-order chi connectivity index (χ0) is 12.1. The molecule has 2 aromatic carbocycles. The third-order valence-electron chi connectivity index (χ3n) is 2.41. The van der Waals surface area contributed by atoms with Crippen LogP contribution in [0, 0.1) is 0 Å². The third kappa shape index (κ3) is 2.51. The Balaban J connectivity index is 2.32. The van der Waals surface area contributed by atoms with Crippen molar-refractivity contribution in [3.8, 4) is 11.1 Å². The van der Waals surface area contributed by atoms with E-state index in [0.717, 1.165) is 17.4 Å². The molecule has 2 rings (SSSR count). The summed E-state index contributed by atoms with van der Waals surface area (Å²) in [6, 6.07) is 14.6. The molecule has 4 heteroatoms. The lowest BCUT2D eigenvalue weighted by molar-refractivity contribution is 0.112. The summed E-state index contributed by atoms with van der Waals surface area (Å²) in [5.41, 5.74) is 11.6. The van der Waals surface area contributed by atoms with Gasteiger partial charge in [0.15, 0.2) is 0 Å². The highest BCUT2D eigenvalue weighted by Crippen LogP contribution is 2.22. The van der Waals surface area contributed by atoms with Crippen molar-refractivity contribution < 1.29 is 4.79 Å². The second kappa shape index (κ2) is 4.96. The second-order valence-electron chi connectivity index (χ2n) is 3.48. The standard InChI is InChI=1S/C13H9N3O/c14-16-15-13-7-5-12(6-8-13)11-3-1-10(9-17)2-4-11/h1-9H. The molecule has 0 N–H and O–H groups in total. The number of hydrogen-bond donors (Lipinski definition) is 0. The predicted octanol–water partition coefficient (Wildman–Crippen LogP) is 4.11.